The first-order chi connectivity index (χ1) is 9.67. The Balaban J connectivity index is 2.26. The van der Waals surface area contributed by atoms with Gasteiger partial charge < -0.3 is 9.30 Å². The lowest BCUT2D eigenvalue weighted by Crippen LogP contribution is -2.20. The van der Waals surface area contributed by atoms with Gasteiger partial charge in [0.2, 0.25) is 0 Å². The van der Waals surface area contributed by atoms with Crippen LogP contribution in [-0.4, -0.2) is 17.1 Å². The van der Waals surface area contributed by atoms with Gasteiger partial charge in [0.1, 0.15) is 0 Å². The molecule has 1 aromatic heterocycles. The summed E-state index contributed by atoms with van der Waals surface area (Å²) in [4.78, 5) is 12.0. The largest absolute Gasteiger partial charge is 0.466 e. The highest BCUT2D eigenvalue weighted by Crippen LogP contribution is 2.22. The van der Waals surface area contributed by atoms with Crippen molar-refractivity contribution in [3.8, 4) is 0 Å². The monoisotopic (exact) mass is 271 g/mol. The average molecular weight is 271 g/mol. The number of allylic oxidation sites excluding steroid dienone is 1. The number of fused-ring (bicyclic) bond motifs is 1. The minimum Gasteiger partial charge on any atom is -0.466 e. The molecule has 0 aliphatic rings. The summed E-state index contributed by atoms with van der Waals surface area (Å²) in [5.74, 6) is -0.298. The molecule has 1 heterocycles. The van der Waals surface area contributed by atoms with Crippen LogP contribution in [0.25, 0.3) is 10.9 Å². The number of hydrogen-bond acceptors (Lipinski definition) is 2. The van der Waals surface area contributed by atoms with E-state index < -0.39 is 0 Å². The summed E-state index contributed by atoms with van der Waals surface area (Å²) in [6.07, 6.45) is 3.10. The maximum atomic E-state index is 12.0. The van der Waals surface area contributed by atoms with Gasteiger partial charge in [-0.25, -0.2) is 0 Å². The molecule has 1 atom stereocenters. The summed E-state index contributed by atoms with van der Waals surface area (Å²) in [6, 6.07) is 10.4. The number of ether oxygens (including phenoxy) is 1. The predicted octanol–water partition coefficient (Wildman–Crippen LogP) is 3.48. The van der Waals surface area contributed by atoms with Gasteiger partial charge >= 0.3 is 5.97 Å². The normalized spacial score (nSPS) is 12.3. The summed E-state index contributed by atoms with van der Waals surface area (Å²) in [6.45, 7) is 5.99. The van der Waals surface area contributed by atoms with Crippen LogP contribution in [0.1, 0.15) is 19.0 Å². The lowest BCUT2D eigenvalue weighted by molar-refractivity contribution is -0.147. The number of carbonyl (C=O) groups is 1. The molecule has 2 rings (SSSR count). The Morgan fingerprint density at radius 1 is 1.45 bits per heavy atom. The van der Waals surface area contributed by atoms with Crippen molar-refractivity contribution >= 4 is 16.9 Å². The van der Waals surface area contributed by atoms with Crippen LogP contribution >= 0.6 is 0 Å². The van der Waals surface area contributed by atoms with Gasteiger partial charge in [-0.3, -0.25) is 4.79 Å². The molecule has 1 unspecified atom stereocenters. The van der Waals surface area contributed by atoms with Gasteiger partial charge in [0, 0.05) is 24.7 Å². The van der Waals surface area contributed by atoms with Crippen LogP contribution < -0.4 is 0 Å². The molecule has 0 aliphatic heterocycles. The minimum absolute atomic E-state index is 0.141. The van der Waals surface area contributed by atoms with Crippen LogP contribution in [-0.2, 0) is 23.0 Å². The SMILES string of the molecule is C=CCC(Cc1cc2ccccc2n1C)C(=O)OCC. The molecule has 0 radical (unpaired) electrons. The second-order valence-electron chi connectivity index (χ2n) is 4.93. The molecule has 2 aromatic rings. The summed E-state index contributed by atoms with van der Waals surface area (Å²) < 4.78 is 7.29. The van der Waals surface area contributed by atoms with E-state index in [2.05, 4.69) is 29.3 Å². The predicted molar refractivity (Wildman–Crippen MR) is 81.6 cm³/mol. The van der Waals surface area contributed by atoms with Gasteiger partial charge in [-0.2, -0.15) is 0 Å². The third-order valence-electron chi connectivity index (χ3n) is 3.58. The van der Waals surface area contributed by atoms with Crippen LogP contribution in [0.3, 0.4) is 0 Å². The number of esters is 1. The van der Waals surface area contributed by atoms with Crippen molar-refractivity contribution in [2.24, 2.45) is 13.0 Å². The number of aryl methyl sites for hydroxylation is 1. The van der Waals surface area contributed by atoms with Crippen molar-refractivity contribution in [1.29, 1.82) is 0 Å². The molecule has 20 heavy (non-hydrogen) atoms. The zero-order valence-electron chi connectivity index (χ0n) is 12.1. The van der Waals surface area contributed by atoms with Gasteiger partial charge in [0.05, 0.1) is 12.5 Å². The molecule has 0 saturated carbocycles. The Morgan fingerprint density at radius 3 is 2.85 bits per heavy atom. The molecule has 0 spiro atoms. The van der Waals surface area contributed by atoms with Crippen molar-refractivity contribution in [2.45, 2.75) is 19.8 Å². The molecular formula is C17H21NO2. The smallest absolute Gasteiger partial charge is 0.309 e. The Bertz CT molecular complexity index is 612. The highest BCUT2D eigenvalue weighted by Gasteiger charge is 2.20. The highest BCUT2D eigenvalue weighted by molar-refractivity contribution is 5.81. The summed E-state index contributed by atoms with van der Waals surface area (Å²) in [7, 11) is 2.04. The number of carbonyl (C=O) groups excluding carboxylic acids is 1. The first kappa shape index (κ1) is 14.4. The summed E-state index contributed by atoms with van der Waals surface area (Å²) >= 11 is 0. The van der Waals surface area contributed by atoms with E-state index in [1.807, 2.05) is 26.1 Å². The third-order valence-corrected chi connectivity index (χ3v) is 3.58. The van der Waals surface area contributed by atoms with Crippen LogP contribution in [0.4, 0.5) is 0 Å². The average Bonchev–Trinajstić information content (AvgIpc) is 2.76. The molecule has 3 heteroatoms. The van der Waals surface area contributed by atoms with E-state index in [1.54, 1.807) is 6.08 Å². The van der Waals surface area contributed by atoms with Gasteiger partial charge in [-0.05, 0) is 30.9 Å². The molecule has 0 N–H and O–H groups in total. The van der Waals surface area contributed by atoms with Crippen LogP contribution in [0.2, 0.25) is 0 Å². The van der Waals surface area contributed by atoms with Gasteiger partial charge in [-0.15, -0.1) is 6.58 Å². The Hall–Kier alpha value is -2.03. The van der Waals surface area contributed by atoms with E-state index in [9.17, 15) is 4.79 Å². The molecular weight excluding hydrogens is 250 g/mol. The van der Waals surface area contributed by atoms with E-state index in [0.29, 0.717) is 19.4 Å². The number of para-hydroxylation sites is 1. The number of hydrogen-bond donors (Lipinski definition) is 0. The Morgan fingerprint density at radius 2 is 2.20 bits per heavy atom. The zero-order valence-corrected chi connectivity index (χ0v) is 12.1. The van der Waals surface area contributed by atoms with Crippen LogP contribution in [0.15, 0.2) is 43.0 Å². The van der Waals surface area contributed by atoms with E-state index in [-0.39, 0.29) is 11.9 Å². The topological polar surface area (TPSA) is 31.2 Å². The Labute approximate surface area is 119 Å². The molecule has 0 amide bonds. The standard InChI is InChI=1S/C17H21NO2/c1-4-8-14(17(19)20-5-2)12-15-11-13-9-6-7-10-16(13)18(15)3/h4,6-7,9-11,14H,1,5,8,12H2,2-3H3. The molecule has 0 saturated heterocycles. The quantitative estimate of drug-likeness (QED) is 0.595. The van der Waals surface area contributed by atoms with Crippen LogP contribution in [0.5, 0.6) is 0 Å². The number of rotatable bonds is 6. The maximum absolute atomic E-state index is 12.0. The molecule has 0 fully saturated rings. The van der Waals surface area contributed by atoms with E-state index in [1.165, 1.54) is 10.9 Å². The van der Waals surface area contributed by atoms with Gasteiger partial charge in [0.25, 0.3) is 0 Å². The first-order valence-corrected chi connectivity index (χ1v) is 6.98. The number of nitrogens with zero attached hydrogens (tertiary/aromatic N) is 1. The number of aromatic nitrogens is 1. The van der Waals surface area contributed by atoms with Gasteiger partial charge in [-0.1, -0.05) is 24.3 Å². The molecule has 0 aliphatic carbocycles. The van der Waals surface area contributed by atoms with Crippen LogP contribution in [0, 0.1) is 5.92 Å². The van der Waals surface area contributed by atoms with E-state index >= 15 is 0 Å². The fourth-order valence-electron chi connectivity index (χ4n) is 2.52. The molecule has 0 bridgehead atoms. The minimum atomic E-state index is -0.157. The van der Waals surface area contributed by atoms with Gasteiger partial charge in [0.15, 0.2) is 0 Å². The fourth-order valence-corrected chi connectivity index (χ4v) is 2.52. The maximum Gasteiger partial charge on any atom is 0.309 e. The van der Waals surface area contributed by atoms with Crippen molar-refractivity contribution in [1.82, 2.24) is 4.57 Å². The molecule has 3 nitrogen and oxygen atoms in total. The van der Waals surface area contributed by atoms with Crippen molar-refractivity contribution in [2.75, 3.05) is 6.61 Å². The molecule has 106 valence electrons. The van der Waals surface area contributed by atoms with Crippen molar-refractivity contribution in [3.05, 3.63) is 48.7 Å². The second-order valence-corrected chi connectivity index (χ2v) is 4.93. The second kappa shape index (κ2) is 6.42. The number of benzene rings is 1. The zero-order chi connectivity index (χ0) is 14.5. The lowest BCUT2D eigenvalue weighted by Gasteiger charge is -2.14. The van der Waals surface area contributed by atoms with E-state index in [0.717, 1.165) is 5.69 Å². The molecule has 1 aromatic carbocycles. The van der Waals surface area contributed by atoms with Crippen molar-refractivity contribution < 1.29 is 9.53 Å². The van der Waals surface area contributed by atoms with Crippen molar-refractivity contribution in [3.63, 3.8) is 0 Å². The fraction of sp³-hybridized carbons (Fsp3) is 0.353. The third kappa shape index (κ3) is 2.93. The highest BCUT2D eigenvalue weighted by atomic mass is 16.5. The Kier molecular flexibility index (Phi) is 4.61. The van der Waals surface area contributed by atoms with E-state index in [4.69, 9.17) is 4.74 Å². The first-order valence-electron chi connectivity index (χ1n) is 6.98. The summed E-state index contributed by atoms with van der Waals surface area (Å²) in [5.41, 5.74) is 2.33. The lowest BCUT2D eigenvalue weighted by atomic mass is 9.99. The summed E-state index contributed by atoms with van der Waals surface area (Å²) in [5, 5.41) is 1.20.